The van der Waals surface area contributed by atoms with Gasteiger partial charge in [-0.05, 0) is 25.0 Å². The first-order valence-electron chi connectivity index (χ1n) is 6.10. The Kier molecular flexibility index (Phi) is 3.78. The predicted molar refractivity (Wildman–Crippen MR) is 78.3 cm³/mol. The van der Waals surface area contributed by atoms with Gasteiger partial charge in [-0.15, -0.1) is 0 Å². The summed E-state index contributed by atoms with van der Waals surface area (Å²) in [5.74, 6) is 0. The van der Waals surface area contributed by atoms with Crippen LogP contribution in [0.15, 0.2) is 42.4 Å². The summed E-state index contributed by atoms with van der Waals surface area (Å²) in [7, 11) is -1.39. The van der Waals surface area contributed by atoms with Crippen LogP contribution in [0.3, 0.4) is 0 Å². The number of hydrogen-bond acceptors (Lipinski definition) is 2. The Morgan fingerprint density at radius 2 is 2.11 bits per heavy atom. The monoisotopic (exact) mass is 278 g/mol. The van der Waals surface area contributed by atoms with Gasteiger partial charge in [0.25, 0.3) is 0 Å². The molecule has 0 bridgehead atoms. The number of aromatic nitrogens is 1. The van der Waals surface area contributed by atoms with Crippen LogP contribution in [0.4, 0.5) is 0 Å². The zero-order valence-corrected chi connectivity index (χ0v) is 11.9. The van der Waals surface area contributed by atoms with Crippen LogP contribution in [0.5, 0.6) is 0 Å². The number of fused-ring (bicyclic) bond motifs is 1. The molecular weight excluding hydrogens is 260 g/mol. The molecule has 1 aromatic heterocycles. The van der Waals surface area contributed by atoms with Gasteiger partial charge in [0.15, 0.2) is 0 Å². The van der Waals surface area contributed by atoms with Gasteiger partial charge in [0, 0.05) is 35.6 Å². The first-order valence-corrected chi connectivity index (χ1v) is 7.65. The van der Waals surface area contributed by atoms with Gasteiger partial charge < -0.3 is 4.57 Å². The third-order valence-electron chi connectivity index (χ3n) is 3.09. The lowest BCUT2D eigenvalue weighted by Gasteiger charge is -2.11. The maximum Gasteiger partial charge on any atom is 0.233 e. The van der Waals surface area contributed by atoms with E-state index in [0.29, 0.717) is 6.42 Å². The Morgan fingerprint density at radius 3 is 2.79 bits per heavy atom. The van der Waals surface area contributed by atoms with Crippen molar-refractivity contribution in [2.45, 2.75) is 19.4 Å². The third kappa shape index (κ3) is 3.05. The molecule has 0 amide bonds. The van der Waals surface area contributed by atoms with E-state index in [2.05, 4.69) is 28.0 Å². The zero-order valence-electron chi connectivity index (χ0n) is 11.1. The number of nitrogens with one attached hydrogen (secondary N) is 1. The lowest BCUT2D eigenvalue weighted by molar-refractivity contribution is 0.569. The maximum atomic E-state index is 11.4. The van der Waals surface area contributed by atoms with Crippen molar-refractivity contribution in [2.24, 2.45) is 7.05 Å². The molecule has 0 saturated heterocycles. The van der Waals surface area contributed by atoms with Gasteiger partial charge in [0.1, 0.15) is 0 Å². The molecule has 1 atom stereocenters. The molecule has 0 aliphatic rings. The highest BCUT2D eigenvalue weighted by Gasteiger charge is 2.13. The van der Waals surface area contributed by atoms with Gasteiger partial charge in [0.2, 0.25) is 10.0 Å². The van der Waals surface area contributed by atoms with Crippen LogP contribution in [0.1, 0.15) is 12.5 Å². The van der Waals surface area contributed by atoms with Crippen molar-refractivity contribution in [1.29, 1.82) is 0 Å². The minimum Gasteiger partial charge on any atom is -0.350 e. The van der Waals surface area contributed by atoms with Crippen LogP contribution >= 0.6 is 0 Å². The van der Waals surface area contributed by atoms with Crippen molar-refractivity contribution in [3.63, 3.8) is 0 Å². The third-order valence-corrected chi connectivity index (χ3v) is 4.26. The van der Waals surface area contributed by atoms with Gasteiger partial charge in [-0.3, -0.25) is 0 Å². The molecule has 2 rings (SSSR count). The molecule has 4 nitrogen and oxygen atoms in total. The largest absolute Gasteiger partial charge is 0.350 e. The molecule has 102 valence electrons. The Bertz CT molecular complexity index is 701. The number of sulfonamides is 1. The minimum absolute atomic E-state index is 0.172. The van der Waals surface area contributed by atoms with Gasteiger partial charge in [-0.1, -0.05) is 24.8 Å². The summed E-state index contributed by atoms with van der Waals surface area (Å²) in [6.45, 7) is 5.14. The second kappa shape index (κ2) is 5.19. The fourth-order valence-electron chi connectivity index (χ4n) is 2.29. The Hall–Kier alpha value is -1.59. The fraction of sp³-hybridized carbons (Fsp3) is 0.286. The number of para-hydroxylation sites is 1. The molecule has 0 aliphatic carbocycles. The van der Waals surface area contributed by atoms with Crippen molar-refractivity contribution in [3.8, 4) is 0 Å². The molecule has 0 aliphatic heterocycles. The first-order chi connectivity index (χ1) is 8.93. The van der Waals surface area contributed by atoms with Gasteiger partial charge in [-0.2, -0.15) is 0 Å². The van der Waals surface area contributed by atoms with E-state index in [-0.39, 0.29) is 6.04 Å². The zero-order chi connectivity index (χ0) is 14.0. The fourth-order valence-corrected chi connectivity index (χ4v) is 3.03. The second-order valence-corrected chi connectivity index (χ2v) is 6.38. The molecule has 0 saturated carbocycles. The molecule has 0 radical (unpaired) electrons. The molecule has 1 unspecified atom stereocenters. The highest BCUT2D eigenvalue weighted by Crippen LogP contribution is 2.21. The molecule has 1 heterocycles. The van der Waals surface area contributed by atoms with E-state index in [9.17, 15) is 8.42 Å². The van der Waals surface area contributed by atoms with Crippen LogP contribution < -0.4 is 4.72 Å². The van der Waals surface area contributed by atoms with Crippen molar-refractivity contribution in [3.05, 3.63) is 48.0 Å². The average Bonchev–Trinajstić information content (AvgIpc) is 2.66. The lowest BCUT2D eigenvalue weighted by atomic mass is 10.1. The molecule has 1 aromatic carbocycles. The summed E-state index contributed by atoms with van der Waals surface area (Å²) >= 11 is 0. The number of rotatable bonds is 5. The van der Waals surface area contributed by atoms with E-state index in [1.165, 1.54) is 0 Å². The van der Waals surface area contributed by atoms with Gasteiger partial charge in [0.05, 0.1) is 0 Å². The Labute approximate surface area is 113 Å². The van der Waals surface area contributed by atoms with Crippen molar-refractivity contribution in [1.82, 2.24) is 9.29 Å². The standard InChI is InChI=1S/C14H18N2O2S/c1-4-19(17,18)15-11(2)9-12-10-16(3)14-8-6-5-7-13(12)14/h4-8,10-11,15H,1,9H2,2-3H3. The first kappa shape index (κ1) is 13.8. The van der Waals surface area contributed by atoms with Crippen LogP contribution in [-0.2, 0) is 23.5 Å². The van der Waals surface area contributed by atoms with Crippen molar-refractivity contribution >= 4 is 20.9 Å². The van der Waals surface area contributed by atoms with E-state index >= 15 is 0 Å². The summed E-state index contributed by atoms with van der Waals surface area (Å²) < 4.78 is 27.5. The number of hydrogen-bond donors (Lipinski definition) is 1. The van der Waals surface area contributed by atoms with E-state index < -0.39 is 10.0 Å². The van der Waals surface area contributed by atoms with E-state index in [1.807, 2.05) is 32.3 Å². The van der Waals surface area contributed by atoms with Crippen LogP contribution in [0.25, 0.3) is 10.9 Å². The summed E-state index contributed by atoms with van der Waals surface area (Å²) in [4.78, 5) is 0. The van der Waals surface area contributed by atoms with E-state index in [4.69, 9.17) is 0 Å². The smallest absolute Gasteiger partial charge is 0.233 e. The summed E-state index contributed by atoms with van der Waals surface area (Å²) in [5.41, 5.74) is 2.29. The number of nitrogens with zero attached hydrogens (tertiary/aromatic N) is 1. The van der Waals surface area contributed by atoms with Crippen molar-refractivity contribution < 1.29 is 8.42 Å². The molecule has 0 fully saturated rings. The normalized spacial score (nSPS) is 13.6. The van der Waals surface area contributed by atoms with Crippen LogP contribution in [0.2, 0.25) is 0 Å². The Balaban J connectivity index is 2.25. The van der Waals surface area contributed by atoms with Crippen LogP contribution in [-0.4, -0.2) is 19.0 Å². The summed E-state index contributed by atoms with van der Waals surface area (Å²) in [5, 5.41) is 2.10. The molecular formula is C14H18N2O2S. The van der Waals surface area contributed by atoms with Crippen molar-refractivity contribution in [2.75, 3.05) is 0 Å². The molecule has 0 spiro atoms. The minimum atomic E-state index is -3.38. The molecule has 5 heteroatoms. The lowest BCUT2D eigenvalue weighted by Crippen LogP contribution is -2.32. The Morgan fingerprint density at radius 1 is 1.42 bits per heavy atom. The van der Waals surface area contributed by atoms with Crippen LogP contribution in [0, 0.1) is 0 Å². The van der Waals surface area contributed by atoms with Gasteiger partial charge >= 0.3 is 0 Å². The summed E-state index contributed by atoms with van der Waals surface area (Å²) in [6.07, 6.45) is 2.69. The average molecular weight is 278 g/mol. The SMILES string of the molecule is C=CS(=O)(=O)NC(C)Cc1cn(C)c2ccccc12. The highest BCUT2D eigenvalue weighted by molar-refractivity contribution is 7.92. The topological polar surface area (TPSA) is 51.1 Å². The predicted octanol–water partition coefficient (Wildman–Crippen LogP) is 2.17. The quantitative estimate of drug-likeness (QED) is 0.911. The maximum absolute atomic E-state index is 11.4. The van der Waals surface area contributed by atoms with E-state index in [0.717, 1.165) is 21.9 Å². The highest BCUT2D eigenvalue weighted by atomic mass is 32.2. The number of benzene rings is 1. The molecule has 2 aromatic rings. The second-order valence-electron chi connectivity index (χ2n) is 4.72. The van der Waals surface area contributed by atoms with Gasteiger partial charge in [-0.25, -0.2) is 13.1 Å². The molecule has 19 heavy (non-hydrogen) atoms. The van der Waals surface area contributed by atoms with E-state index in [1.54, 1.807) is 0 Å². The summed E-state index contributed by atoms with van der Waals surface area (Å²) in [6, 6.07) is 7.92. The molecule has 1 N–H and O–H groups in total. The number of aryl methyl sites for hydroxylation is 1.